The minimum Gasteiger partial charge on any atom is -0.489 e. The molecule has 35 heavy (non-hydrogen) atoms. The zero-order valence-electron chi connectivity index (χ0n) is 20.0. The highest BCUT2D eigenvalue weighted by atomic mass is 16.5. The van der Waals surface area contributed by atoms with Crippen molar-refractivity contribution >= 4 is 16.7 Å². The molecule has 0 radical (unpaired) electrons. The lowest BCUT2D eigenvalue weighted by Gasteiger charge is -2.33. The highest BCUT2D eigenvalue weighted by Gasteiger charge is 2.29. The van der Waals surface area contributed by atoms with Gasteiger partial charge in [-0.25, -0.2) is 0 Å². The summed E-state index contributed by atoms with van der Waals surface area (Å²) >= 11 is 0. The molecule has 178 valence electrons. The Morgan fingerprint density at radius 3 is 2.66 bits per heavy atom. The maximum atomic E-state index is 11.0. The molecule has 1 aliphatic heterocycles. The number of carbonyl (C=O) groups is 1. The molecule has 1 heterocycles. The van der Waals surface area contributed by atoms with Gasteiger partial charge in [0, 0.05) is 30.5 Å². The van der Waals surface area contributed by atoms with Gasteiger partial charge in [0.1, 0.15) is 11.9 Å². The van der Waals surface area contributed by atoms with E-state index < -0.39 is 5.97 Å². The van der Waals surface area contributed by atoms with Gasteiger partial charge >= 0.3 is 5.97 Å². The third kappa shape index (κ3) is 5.23. The molecule has 2 unspecified atom stereocenters. The molecular formula is C31H31NO3. The first-order chi connectivity index (χ1) is 17.1. The van der Waals surface area contributed by atoms with Gasteiger partial charge in [0.05, 0.1) is 0 Å². The molecule has 0 saturated heterocycles. The van der Waals surface area contributed by atoms with Gasteiger partial charge in [-0.2, -0.15) is 0 Å². The summed E-state index contributed by atoms with van der Waals surface area (Å²) in [5.41, 5.74) is 4.77. The Kier molecular flexibility index (Phi) is 6.82. The van der Waals surface area contributed by atoms with Crippen LogP contribution in [0, 0.1) is 0 Å². The average molecular weight is 466 g/mol. The summed E-state index contributed by atoms with van der Waals surface area (Å²) in [5.74, 6) is 0.381. The third-order valence-corrected chi connectivity index (χ3v) is 7.01. The second-order valence-electron chi connectivity index (χ2n) is 9.40. The Morgan fingerprint density at radius 1 is 1.00 bits per heavy atom. The van der Waals surface area contributed by atoms with E-state index in [9.17, 15) is 4.79 Å². The predicted octanol–water partition coefficient (Wildman–Crippen LogP) is 6.49. The van der Waals surface area contributed by atoms with Crippen LogP contribution in [0.2, 0.25) is 0 Å². The Labute approximate surface area is 206 Å². The van der Waals surface area contributed by atoms with E-state index in [1.807, 2.05) is 18.2 Å². The largest absolute Gasteiger partial charge is 0.489 e. The summed E-state index contributed by atoms with van der Waals surface area (Å²) in [5, 5.41) is 15.3. The summed E-state index contributed by atoms with van der Waals surface area (Å²) < 4.78 is 6.43. The number of nitrogens with one attached hydrogen (secondary N) is 1. The van der Waals surface area contributed by atoms with Crippen molar-refractivity contribution in [2.75, 3.05) is 6.54 Å². The number of para-hydroxylation sites is 1. The van der Waals surface area contributed by atoms with Gasteiger partial charge in [0.15, 0.2) is 0 Å². The van der Waals surface area contributed by atoms with Gasteiger partial charge in [-0.05, 0) is 53.3 Å². The van der Waals surface area contributed by atoms with Crippen LogP contribution >= 0.6 is 0 Å². The van der Waals surface area contributed by atoms with Crippen LogP contribution in [0.15, 0.2) is 91.0 Å². The van der Waals surface area contributed by atoms with Gasteiger partial charge in [0.25, 0.3) is 0 Å². The topological polar surface area (TPSA) is 58.6 Å². The van der Waals surface area contributed by atoms with Crippen molar-refractivity contribution in [2.45, 2.75) is 44.2 Å². The Bertz CT molecular complexity index is 1330. The van der Waals surface area contributed by atoms with E-state index in [0.29, 0.717) is 6.42 Å². The van der Waals surface area contributed by atoms with Gasteiger partial charge in [-0.1, -0.05) is 84.9 Å². The van der Waals surface area contributed by atoms with E-state index >= 15 is 0 Å². The van der Waals surface area contributed by atoms with Crippen molar-refractivity contribution in [1.29, 1.82) is 0 Å². The van der Waals surface area contributed by atoms with Crippen LogP contribution in [-0.2, 0) is 11.2 Å². The molecule has 4 heteroatoms. The van der Waals surface area contributed by atoms with Crippen molar-refractivity contribution in [3.05, 3.63) is 113 Å². The first-order valence-electron chi connectivity index (χ1n) is 12.4. The van der Waals surface area contributed by atoms with Gasteiger partial charge in [0.2, 0.25) is 0 Å². The summed E-state index contributed by atoms with van der Waals surface area (Å²) in [6.45, 7) is 2.95. The number of aliphatic carboxylic acids is 1. The number of benzene rings is 4. The molecular weight excluding hydrogens is 434 g/mol. The summed E-state index contributed by atoms with van der Waals surface area (Å²) in [7, 11) is 0. The maximum absolute atomic E-state index is 11.0. The number of carboxylic acids is 1. The first kappa shape index (κ1) is 23.1. The molecule has 0 amide bonds. The lowest BCUT2D eigenvalue weighted by atomic mass is 9.83. The molecule has 2 N–H and O–H groups in total. The fourth-order valence-electron chi connectivity index (χ4n) is 5.20. The predicted molar refractivity (Wildman–Crippen MR) is 140 cm³/mol. The van der Waals surface area contributed by atoms with Crippen LogP contribution in [0.5, 0.6) is 5.75 Å². The van der Waals surface area contributed by atoms with Crippen molar-refractivity contribution < 1.29 is 14.6 Å². The van der Waals surface area contributed by atoms with Gasteiger partial charge < -0.3 is 15.2 Å². The average Bonchev–Trinajstić information content (AvgIpc) is 2.90. The molecule has 0 fully saturated rings. The molecule has 1 aliphatic rings. The summed E-state index contributed by atoms with van der Waals surface area (Å²) in [6.07, 6.45) is 1.60. The van der Waals surface area contributed by atoms with Crippen LogP contribution in [-0.4, -0.2) is 23.7 Å². The minimum absolute atomic E-state index is 0.0370. The molecule has 4 aromatic rings. The number of rotatable bonds is 8. The van der Waals surface area contributed by atoms with Crippen LogP contribution in [0.4, 0.5) is 0 Å². The number of fused-ring (bicyclic) bond motifs is 2. The fourth-order valence-corrected chi connectivity index (χ4v) is 5.20. The van der Waals surface area contributed by atoms with Crippen LogP contribution in [0.25, 0.3) is 10.8 Å². The van der Waals surface area contributed by atoms with Crippen LogP contribution in [0.1, 0.15) is 54.0 Å². The maximum Gasteiger partial charge on any atom is 0.303 e. The number of hydrogen-bond donors (Lipinski definition) is 2. The van der Waals surface area contributed by atoms with E-state index in [1.54, 1.807) is 0 Å². The van der Waals surface area contributed by atoms with Crippen LogP contribution in [0.3, 0.4) is 0 Å². The van der Waals surface area contributed by atoms with Crippen molar-refractivity contribution in [3.8, 4) is 5.75 Å². The Balaban J connectivity index is 1.34. The second kappa shape index (κ2) is 10.3. The normalized spacial score (nSPS) is 18.0. The number of ether oxygens (including phenoxy) is 1. The van der Waals surface area contributed by atoms with Crippen LogP contribution < -0.4 is 10.1 Å². The second-order valence-corrected chi connectivity index (χ2v) is 9.40. The van der Waals surface area contributed by atoms with Gasteiger partial charge in [-0.15, -0.1) is 0 Å². The zero-order chi connectivity index (χ0) is 24.2. The molecule has 0 aliphatic carbocycles. The van der Waals surface area contributed by atoms with E-state index in [-0.39, 0.29) is 24.5 Å². The third-order valence-electron chi connectivity index (χ3n) is 7.01. The van der Waals surface area contributed by atoms with E-state index in [1.165, 1.54) is 27.5 Å². The highest BCUT2D eigenvalue weighted by molar-refractivity contribution is 5.86. The van der Waals surface area contributed by atoms with E-state index in [4.69, 9.17) is 9.84 Å². The zero-order valence-corrected chi connectivity index (χ0v) is 20.0. The monoisotopic (exact) mass is 465 g/mol. The molecule has 3 atom stereocenters. The fraction of sp³-hybridized carbons (Fsp3) is 0.258. The minimum atomic E-state index is -0.765. The lowest BCUT2D eigenvalue weighted by molar-refractivity contribution is -0.136. The number of carboxylic acid groups (broad SMARTS) is 1. The molecule has 5 rings (SSSR count). The molecule has 4 aromatic carbocycles. The Morgan fingerprint density at radius 2 is 1.77 bits per heavy atom. The first-order valence-corrected chi connectivity index (χ1v) is 12.4. The van der Waals surface area contributed by atoms with E-state index in [0.717, 1.165) is 24.3 Å². The SMILES string of the molecule is C[C@@H](NCC1CC(c2cccc(CCC(=O)O)c2)c2ccccc2O1)c1cccc2ccccc12. The quantitative estimate of drug-likeness (QED) is 0.312. The van der Waals surface area contributed by atoms with Crippen molar-refractivity contribution in [3.63, 3.8) is 0 Å². The number of aryl methyl sites for hydroxylation is 1. The van der Waals surface area contributed by atoms with Gasteiger partial charge in [-0.3, -0.25) is 4.79 Å². The molecule has 0 aromatic heterocycles. The highest BCUT2D eigenvalue weighted by Crippen LogP contribution is 2.40. The number of hydrogen-bond acceptors (Lipinski definition) is 3. The lowest BCUT2D eigenvalue weighted by Crippen LogP contribution is -2.37. The molecule has 4 nitrogen and oxygen atoms in total. The molecule has 0 bridgehead atoms. The summed E-state index contributed by atoms with van der Waals surface area (Å²) in [4.78, 5) is 11.0. The standard InChI is InChI=1S/C31H31NO3/c1-21(26-14-7-10-23-9-2-3-12-27(23)26)32-20-25-19-29(28-13-4-5-15-30(28)35-25)24-11-6-8-22(18-24)16-17-31(33)34/h2-15,18,21,25,29,32H,16-17,19-20H2,1H3,(H,33,34)/t21-,25?,29?/m1/s1. The van der Waals surface area contributed by atoms with Crippen molar-refractivity contribution in [1.82, 2.24) is 5.32 Å². The molecule has 0 saturated carbocycles. The Hall–Kier alpha value is -3.63. The smallest absolute Gasteiger partial charge is 0.303 e. The van der Waals surface area contributed by atoms with Crippen molar-refractivity contribution in [2.24, 2.45) is 0 Å². The van der Waals surface area contributed by atoms with E-state index in [2.05, 4.69) is 85.0 Å². The summed E-state index contributed by atoms with van der Waals surface area (Å²) in [6, 6.07) is 31.8. The molecule has 0 spiro atoms.